The fraction of sp³-hybridized carbons (Fsp3) is 0.875. The lowest BCUT2D eigenvalue weighted by Crippen LogP contribution is -2.42. The topological polar surface area (TPSA) is 21.3 Å². The highest BCUT2D eigenvalue weighted by atomic mass is 16.5. The summed E-state index contributed by atoms with van der Waals surface area (Å²) in [6.45, 7) is 5.53. The molecule has 0 amide bonds. The van der Waals surface area contributed by atoms with Crippen LogP contribution in [0.1, 0.15) is 65.2 Å². The maximum Gasteiger partial charge on any atom is 0.0760 e. The maximum absolute atomic E-state index is 5.68. The highest BCUT2D eigenvalue weighted by molar-refractivity contribution is 5.14. The SMILES string of the molecule is CCCNC(C1=CCCCCCC1)C(CC)OC. The second kappa shape index (κ2) is 9.57. The number of ether oxygens (including phenoxy) is 1. The van der Waals surface area contributed by atoms with Crippen molar-refractivity contribution in [2.45, 2.75) is 77.4 Å². The normalized spacial score (nSPS) is 20.7. The lowest BCUT2D eigenvalue weighted by Gasteiger charge is -2.29. The van der Waals surface area contributed by atoms with E-state index in [1.54, 1.807) is 5.57 Å². The van der Waals surface area contributed by atoms with Gasteiger partial charge in [-0.15, -0.1) is 0 Å². The first-order valence-corrected chi connectivity index (χ1v) is 7.78. The molecular weight excluding hydrogens is 222 g/mol. The first-order chi connectivity index (χ1) is 8.83. The van der Waals surface area contributed by atoms with Crippen LogP contribution in [0.3, 0.4) is 0 Å². The quantitative estimate of drug-likeness (QED) is 0.691. The third kappa shape index (κ3) is 5.11. The average molecular weight is 253 g/mol. The second-order valence-corrected chi connectivity index (χ2v) is 5.35. The van der Waals surface area contributed by atoms with Crippen LogP contribution < -0.4 is 5.32 Å². The van der Waals surface area contributed by atoms with Crippen molar-refractivity contribution in [3.63, 3.8) is 0 Å². The molecule has 2 nitrogen and oxygen atoms in total. The van der Waals surface area contributed by atoms with Gasteiger partial charge < -0.3 is 10.1 Å². The predicted molar refractivity (Wildman–Crippen MR) is 79.0 cm³/mol. The Balaban J connectivity index is 2.71. The molecule has 2 heteroatoms. The van der Waals surface area contributed by atoms with Gasteiger partial charge in [-0.25, -0.2) is 0 Å². The number of methoxy groups -OCH3 is 1. The summed E-state index contributed by atoms with van der Waals surface area (Å²) in [7, 11) is 1.85. The number of nitrogens with one attached hydrogen (secondary N) is 1. The maximum atomic E-state index is 5.68. The summed E-state index contributed by atoms with van der Waals surface area (Å²) in [6.07, 6.45) is 13.1. The van der Waals surface area contributed by atoms with E-state index in [0.717, 1.165) is 13.0 Å². The van der Waals surface area contributed by atoms with Crippen molar-refractivity contribution in [2.24, 2.45) is 0 Å². The van der Waals surface area contributed by atoms with Gasteiger partial charge in [0.2, 0.25) is 0 Å². The molecule has 0 aromatic heterocycles. The molecule has 0 aliphatic heterocycles. The van der Waals surface area contributed by atoms with Crippen LogP contribution >= 0.6 is 0 Å². The fourth-order valence-electron chi connectivity index (χ4n) is 2.84. The lowest BCUT2D eigenvalue weighted by atomic mass is 9.91. The average Bonchev–Trinajstić information content (AvgIpc) is 2.35. The Bertz CT molecular complexity index is 233. The molecule has 0 radical (unpaired) electrons. The summed E-state index contributed by atoms with van der Waals surface area (Å²) in [6, 6.07) is 0.429. The van der Waals surface area contributed by atoms with Crippen LogP contribution in [0.5, 0.6) is 0 Å². The van der Waals surface area contributed by atoms with Crippen molar-refractivity contribution in [3.8, 4) is 0 Å². The molecule has 0 saturated carbocycles. The van der Waals surface area contributed by atoms with Crippen LogP contribution in [0.2, 0.25) is 0 Å². The molecular formula is C16H31NO. The summed E-state index contributed by atoms with van der Waals surface area (Å²) in [5.74, 6) is 0. The highest BCUT2D eigenvalue weighted by Gasteiger charge is 2.22. The van der Waals surface area contributed by atoms with E-state index in [9.17, 15) is 0 Å². The molecule has 1 N–H and O–H groups in total. The second-order valence-electron chi connectivity index (χ2n) is 5.35. The smallest absolute Gasteiger partial charge is 0.0760 e. The minimum atomic E-state index is 0.322. The molecule has 1 rings (SSSR count). The Hall–Kier alpha value is -0.340. The van der Waals surface area contributed by atoms with E-state index < -0.39 is 0 Å². The molecule has 0 aromatic carbocycles. The summed E-state index contributed by atoms with van der Waals surface area (Å²) in [4.78, 5) is 0. The van der Waals surface area contributed by atoms with Crippen molar-refractivity contribution in [2.75, 3.05) is 13.7 Å². The van der Waals surface area contributed by atoms with Gasteiger partial charge in [0.05, 0.1) is 12.1 Å². The summed E-state index contributed by atoms with van der Waals surface area (Å²) < 4.78 is 5.68. The number of rotatable bonds is 7. The standard InChI is InChI=1S/C16H31NO/c1-4-13-17-16(15(5-2)18-3)14-11-9-7-6-8-10-12-14/h11,15-17H,4-10,12-13H2,1-3H3. The third-order valence-corrected chi connectivity index (χ3v) is 3.92. The van der Waals surface area contributed by atoms with Crippen molar-refractivity contribution < 1.29 is 4.74 Å². The molecule has 106 valence electrons. The molecule has 18 heavy (non-hydrogen) atoms. The molecule has 0 saturated heterocycles. The van der Waals surface area contributed by atoms with Crippen molar-refractivity contribution in [1.29, 1.82) is 0 Å². The van der Waals surface area contributed by atoms with Gasteiger partial charge >= 0.3 is 0 Å². The first-order valence-electron chi connectivity index (χ1n) is 7.78. The molecule has 0 spiro atoms. The van der Waals surface area contributed by atoms with Crippen LogP contribution in [0.4, 0.5) is 0 Å². The molecule has 1 aliphatic rings. The van der Waals surface area contributed by atoms with Crippen molar-refractivity contribution >= 4 is 0 Å². The van der Waals surface area contributed by atoms with Crippen molar-refractivity contribution in [3.05, 3.63) is 11.6 Å². The summed E-state index contributed by atoms with van der Waals surface area (Å²) in [5, 5.41) is 3.70. The highest BCUT2D eigenvalue weighted by Crippen LogP contribution is 2.23. The zero-order chi connectivity index (χ0) is 13.2. The molecule has 0 bridgehead atoms. The first kappa shape index (κ1) is 15.7. The summed E-state index contributed by atoms with van der Waals surface area (Å²) >= 11 is 0. The van der Waals surface area contributed by atoms with Crippen LogP contribution in [-0.4, -0.2) is 25.8 Å². The minimum absolute atomic E-state index is 0.322. The van der Waals surface area contributed by atoms with E-state index in [1.165, 1.54) is 44.9 Å². The Morgan fingerprint density at radius 3 is 2.67 bits per heavy atom. The zero-order valence-electron chi connectivity index (χ0n) is 12.5. The molecule has 0 heterocycles. The van der Waals surface area contributed by atoms with E-state index in [1.807, 2.05) is 7.11 Å². The Morgan fingerprint density at radius 2 is 2.00 bits per heavy atom. The molecule has 0 aromatic rings. The van der Waals surface area contributed by atoms with Gasteiger partial charge in [0.1, 0.15) is 0 Å². The lowest BCUT2D eigenvalue weighted by molar-refractivity contribution is 0.0745. The summed E-state index contributed by atoms with van der Waals surface area (Å²) in [5.41, 5.74) is 1.59. The molecule has 0 fully saturated rings. The van der Waals surface area contributed by atoms with Gasteiger partial charge in [-0.1, -0.05) is 38.3 Å². The van der Waals surface area contributed by atoms with Gasteiger partial charge in [0.15, 0.2) is 0 Å². The van der Waals surface area contributed by atoms with E-state index >= 15 is 0 Å². The van der Waals surface area contributed by atoms with Crippen LogP contribution in [0.15, 0.2) is 11.6 Å². The largest absolute Gasteiger partial charge is 0.380 e. The van der Waals surface area contributed by atoms with Crippen LogP contribution in [0.25, 0.3) is 0 Å². The fourth-order valence-corrected chi connectivity index (χ4v) is 2.84. The third-order valence-electron chi connectivity index (χ3n) is 3.92. The van der Waals surface area contributed by atoms with Gasteiger partial charge in [0, 0.05) is 7.11 Å². The van der Waals surface area contributed by atoms with Crippen LogP contribution in [-0.2, 0) is 4.74 Å². The zero-order valence-corrected chi connectivity index (χ0v) is 12.5. The van der Waals surface area contributed by atoms with Crippen LogP contribution in [0, 0.1) is 0 Å². The van der Waals surface area contributed by atoms with Gasteiger partial charge in [-0.3, -0.25) is 0 Å². The van der Waals surface area contributed by atoms with E-state index in [2.05, 4.69) is 25.2 Å². The molecule has 2 atom stereocenters. The van der Waals surface area contributed by atoms with Gasteiger partial charge in [0.25, 0.3) is 0 Å². The Labute approximate surface area is 113 Å². The Morgan fingerprint density at radius 1 is 1.22 bits per heavy atom. The minimum Gasteiger partial charge on any atom is -0.380 e. The van der Waals surface area contributed by atoms with Crippen molar-refractivity contribution in [1.82, 2.24) is 5.32 Å². The number of hydrogen-bond donors (Lipinski definition) is 1. The number of allylic oxidation sites excluding steroid dienone is 1. The van der Waals surface area contributed by atoms with Gasteiger partial charge in [-0.2, -0.15) is 0 Å². The van der Waals surface area contributed by atoms with E-state index in [-0.39, 0.29) is 0 Å². The van der Waals surface area contributed by atoms with E-state index in [4.69, 9.17) is 4.74 Å². The molecule has 1 aliphatic carbocycles. The molecule has 2 unspecified atom stereocenters. The number of hydrogen-bond acceptors (Lipinski definition) is 2. The van der Waals surface area contributed by atoms with Gasteiger partial charge in [-0.05, 0) is 45.1 Å². The monoisotopic (exact) mass is 253 g/mol. The predicted octanol–water partition coefficient (Wildman–Crippen LogP) is 4.06. The van der Waals surface area contributed by atoms with E-state index in [0.29, 0.717) is 12.1 Å². The Kier molecular flexibility index (Phi) is 8.36.